The van der Waals surface area contributed by atoms with E-state index >= 15 is 0 Å². The van der Waals surface area contributed by atoms with Crippen molar-refractivity contribution in [2.45, 2.75) is 37.8 Å². The second kappa shape index (κ2) is 9.90. The average Bonchev–Trinajstić information content (AvgIpc) is 3.31. The summed E-state index contributed by atoms with van der Waals surface area (Å²) in [5.74, 6) is 1.71. The summed E-state index contributed by atoms with van der Waals surface area (Å²) in [5, 5.41) is 15.0. The van der Waals surface area contributed by atoms with Gasteiger partial charge in [0.1, 0.15) is 0 Å². The average molecular weight is 467 g/mol. The third kappa shape index (κ3) is 5.06. The number of halogens is 1. The van der Waals surface area contributed by atoms with E-state index in [-0.39, 0.29) is 0 Å². The van der Waals surface area contributed by atoms with Crippen LogP contribution in [0.4, 0.5) is 0 Å². The van der Waals surface area contributed by atoms with Crippen molar-refractivity contribution in [1.29, 1.82) is 0 Å². The summed E-state index contributed by atoms with van der Waals surface area (Å²) < 4.78 is 4.01. The predicted molar refractivity (Wildman–Crippen MR) is 130 cm³/mol. The van der Waals surface area contributed by atoms with Gasteiger partial charge >= 0.3 is 0 Å². The molecule has 0 bridgehead atoms. The molecule has 2 heterocycles. The molecule has 2 aromatic heterocycles. The molecule has 2 aromatic carbocycles. The Kier molecular flexibility index (Phi) is 6.98. The van der Waals surface area contributed by atoms with Gasteiger partial charge in [-0.3, -0.25) is 14.1 Å². The van der Waals surface area contributed by atoms with Crippen LogP contribution in [-0.4, -0.2) is 36.5 Å². The van der Waals surface area contributed by atoms with Crippen molar-refractivity contribution in [3.8, 4) is 5.69 Å². The van der Waals surface area contributed by atoms with E-state index in [0.29, 0.717) is 11.6 Å². The smallest absolute Gasteiger partial charge is 0.196 e. The molecule has 166 valence electrons. The van der Waals surface area contributed by atoms with Gasteiger partial charge in [-0.05, 0) is 50.2 Å². The molecule has 0 saturated carbocycles. The molecule has 0 spiro atoms. The number of nitrogens with zero attached hydrogens (tertiary/aromatic N) is 6. The van der Waals surface area contributed by atoms with Gasteiger partial charge in [0.2, 0.25) is 0 Å². The Morgan fingerprint density at radius 2 is 1.81 bits per heavy atom. The summed E-state index contributed by atoms with van der Waals surface area (Å²) in [6.45, 7) is 5.66. The second-order valence-corrected chi connectivity index (χ2v) is 9.36. The summed E-state index contributed by atoms with van der Waals surface area (Å²) in [5.41, 5.74) is 5.92. The van der Waals surface area contributed by atoms with Gasteiger partial charge in [-0.1, -0.05) is 53.7 Å². The van der Waals surface area contributed by atoms with E-state index < -0.39 is 0 Å². The second-order valence-electron chi connectivity index (χ2n) is 7.98. The monoisotopic (exact) mass is 466 g/mol. The first-order valence-corrected chi connectivity index (χ1v) is 11.8. The van der Waals surface area contributed by atoms with Gasteiger partial charge in [0.25, 0.3) is 0 Å². The van der Waals surface area contributed by atoms with Crippen LogP contribution in [-0.2, 0) is 25.9 Å². The molecule has 0 aliphatic carbocycles. The van der Waals surface area contributed by atoms with Crippen LogP contribution < -0.4 is 0 Å². The van der Waals surface area contributed by atoms with Crippen molar-refractivity contribution in [2.24, 2.45) is 7.05 Å². The highest BCUT2D eigenvalue weighted by atomic mass is 35.5. The molecular formula is C24H27ClN6S. The van der Waals surface area contributed by atoms with Crippen LogP contribution in [0.3, 0.4) is 0 Å². The fraction of sp³-hybridized carbons (Fsp3) is 0.292. The molecular weight excluding hydrogens is 440 g/mol. The first-order chi connectivity index (χ1) is 15.4. The molecule has 0 aliphatic rings. The quantitative estimate of drug-likeness (QED) is 0.334. The van der Waals surface area contributed by atoms with Gasteiger partial charge in [0.05, 0.1) is 18.4 Å². The lowest BCUT2D eigenvalue weighted by Crippen LogP contribution is -2.20. The Hall–Kier alpha value is -2.61. The SMILES string of the molecule is Cc1ccccc1CSc1nnc(CN(C)Cc2cnn(C)c2C)n1-c1cccc(Cl)c1. The fourth-order valence-corrected chi connectivity index (χ4v) is 4.80. The highest BCUT2D eigenvalue weighted by Gasteiger charge is 2.18. The summed E-state index contributed by atoms with van der Waals surface area (Å²) in [4.78, 5) is 2.23. The largest absolute Gasteiger partial charge is 0.295 e. The number of aromatic nitrogens is 5. The molecule has 0 saturated heterocycles. The van der Waals surface area contributed by atoms with E-state index in [2.05, 4.69) is 69.9 Å². The summed E-state index contributed by atoms with van der Waals surface area (Å²) in [6.07, 6.45) is 1.93. The molecule has 0 radical (unpaired) electrons. The van der Waals surface area contributed by atoms with Crippen LogP contribution in [0.1, 0.15) is 28.2 Å². The molecule has 0 unspecified atom stereocenters. The Bertz CT molecular complexity index is 1210. The molecule has 0 N–H and O–H groups in total. The minimum atomic E-state index is 0.652. The summed E-state index contributed by atoms with van der Waals surface area (Å²) in [6, 6.07) is 16.3. The standard InChI is InChI=1S/C24H27ClN6S/c1-17-8-5-6-9-19(17)16-32-24-28-27-23(31(24)22-11-7-10-21(25)12-22)15-29(3)14-20-13-26-30(4)18(20)2/h5-13H,14-16H2,1-4H3. The first-order valence-electron chi connectivity index (χ1n) is 10.5. The van der Waals surface area contributed by atoms with E-state index in [4.69, 9.17) is 11.6 Å². The predicted octanol–water partition coefficient (Wildman–Crippen LogP) is 5.20. The molecule has 32 heavy (non-hydrogen) atoms. The molecule has 4 aromatic rings. The maximum atomic E-state index is 6.31. The molecule has 0 atom stereocenters. The van der Waals surface area contributed by atoms with E-state index in [1.165, 1.54) is 22.4 Å². The number of aryl methyl sites for hydroxylation is 2. The third-order valence-corrected chi connectivity index (χ3v) is 6.79. The van der Waals surface area contributed by atoms with Crippen LogP contribution in [0.2, 0.25) is 5.02 Å². The van der Waals surface area contributed by atoms with Crippen LogP contribution in [0.5, 0.6) is 0 Å². The van der Waals surface area contributed by atoms with Gasteiger partial charge in [0, 0.05) is 35.6 Å². The van der Waals surface area contributed by atoms with Gasteiger partial charge in [-0.2, -0.15) is 5.10 Å². The van der Waals surface area contributed by atoms with E-state index in [0.717, 1.165) is 29.0 Å². The number of hydrogen-bond acceptors (Lipinski definition) is 5. The van der Waals surface area contributed by atoms with Crippen molar-refractivity contribution < 1.29 is 0 Å². The first kappa shape index (κ1) is 22.6. The van der Waals surface area contributed by atoms with Crippen LogP contribution in [0.25, 0.3) is 5.69 Å². The van der Waals surface area contributed by atoms with Crippen molar-refractivity contribution >= 4 is 23.4 Å². The number of benzene rings is 2. The lowest BCUT2D eigenvalue weighted by Gasteiger charge is -2.17. The van der Waals surface area contributed by atoms with Gasteiger partial charge in [-0.25, -0.2) is 0 Å². The number of thioether (sulfide) groups is 1. The van der Waals surface area contributed by atoms with Crippen LogP contribution in [0, 0.1) is 13.8 Å². The minimum absolute atomic E-state index is 0.652. The molecule has 8 heteroatoms. The maximum absolute atomic E-state index is 6.31. The van der Waals surface area contributed by atoms with Crippen LogP contribution in [0.15, 0.2) is 59.9 Å². The molecule has 0 amide bonds. The fourth-order valence-electron chi connectivity index (χ4n) is 3.57. The summed E-state index contributed by atoms with van der Waals surface area (Å²) >= 11 is 8.00. The van der Waals surface area contributed by atoms with Crippen molar-refractivity contribution in [3.05, 3.63) is 88.0 Å². The lowest BCUT2D eigenvalue weighted by atomic mass is 10.1. The highest BCUT2D eigenvalue weighted by Crippen LogP contribution is 2.28. The molecule has 0 aliphatic heterocycles. The van der Waals surface area contributed by atoms with Gasteiger partial charge in [0.15, 0.2) is 11.0 Å². The zero-order valence-electron chi connectivity index (χ0n) is 18.8. The minimum Gasteiger partial charge on any atom is -0.295 e. The van der Waals surface area contributed by atoms with E-state index in [9.17, 15) is 0 Å². The normalized spacial score (nSPS) is 11.4. The molecule has 6 nitrogen and oxygen atoms in total. The van der Waals surface area contributed by atoms with Gasteiger partial charge in [-0.15, -0.1) is 10.2 Å². The zero-order valence-corrected chi connectivity index (χ0v) is 20.4. The van der Waals surface area contributed by atoms with Crippen LogP contribution >= 0.6 is 23.4 Å². The van der Waals surface area contributed by atoms with Gasteiger partial charge < -0.3 is 0 Å². The lowest BCUT2D eigenvalue weighted by molar-refractivity contribution is 0.307. The number of rotatable bonds is 8. The van der Waals surface area contributed by atoms with Crippen molar-refractivity contribution in [3.63, 3.8) is 0 Å². The third-order valence-electron chi connectivity index (χ3n) is 5.57. The van der Waals surface area contributed by atoms with E-state index in [1.54, 1.807) is 11.8 Å². The zero-order chi connectivity index (χ0) is 22.7. The summed E-state index contributed by atoms with van der Waals surface area (Å²) in [7, 11) is 4.05. The highest BCUT2D eigenvalue weighted by molar-refractivity contribution is 7.98. The van der Waals surface area contributed by atoms with Crippen molar-refractivity contribution in [2.75, 3.05) is 7.05 Å². The topological polar surface area (TPSA) is 51.8 Å². The van der Waals surface area contributed by atoms with Crippen molar-refractivity contribution in [1.82, 2.24) is 29.4 Å². The Labute approximate surface area is 198 Å². The Balaban J connectivity index is 1.60. The number of hydrogen-bond donors (Lipinski definition) is 0. The van der Waals surface area contributed by atoms with E-state index in [1.807, 2.05) is 42.2 Å². The molecule has 0 fully saturated rings. The molecule has 4 rings (SSSR count). The maximum Gasteiger partial charge on any atom is 0.196 e. The Morgan fingerprint density at radius 3 is 2.53 bits per heavy atom. The Morgan fingerprint density at radius 1 is 1.00 bits per heavy atom.